The molecule has 1 aromatic carbocycles. The van der Waals surface area contributed by atoms with E-state index in [-0.39, 0.29) is 23.7 Å². The predicted molar refractivity (Wildman–Crippen MR) is 116 cm³/mol. The molecule has 1 aliphatic heterocycles. The molecule has 0 bridgehead atoms. The van der Waals surface area contributed by atoms with Crippen molar-refractivity contribution in [1.29, 1.82) is 0 Å². The summed E-state index contributed by atoms with van der Waals surface area (Å²) in [6.07, 6.45) is 3.85. The first-order valence-electron chi connectivity index (χ1n) is 10.5. The summed E-state index contributed by atoms with van der Waals surface area (Å²) in [4.78, 5) is 29.7. The van der Waals surface area contributed by atoms with Crippen LogP contribution in [-0.4, -0.2) is 35.4 Å². The zero-order valence-electron chi connectivity index (χ0n) is 17.3. The van der Waals surface area contributed by atoms with E-state index in [4.69, 9.17) is 5.73 Å². The van der Waals surface area contributed by atoms with E-state index >= 15 is 0 Å². The van der Waals surface area contributed by atoms with Gasteiger partial charge >= 0.3 is 0 Å². The summed E-state index contributed by atoms with van der Waals surface area (Å²) in [5, 5.41) is 8.85. The molecular formula is C23H26FN5O2. The van der Waals surface area contributed by atoms with Crippen molar-refractivity contribution in [3.8, 4) is 0 Å². The number of pyridine rings is 1. The number of nitrogen functional groups attached to an aromatic ring is 1. The lowest BCUT2D eigenvalue weighted by Crippen LogP contribution is -2.52. The van der Waals surface area contributed by atoms with Crippen LogP contribution in [0.1, 0.15) is 42.6 Å². The molecule has 1 aromatic heterocycles. The van der Waals surface area contributed by atoms with Crippen LogP contribution in [0.5, 0.6) is 0 Å². The lowest BCUT2D eigenvalue weighted by Gasteiger charge is -2.25. The van der Waals surface area contributed by atoms with Crippen molar-refractivity contribution in [3.63, 3.8) is 0 Å². The minimum atomic E-state index is -0.715. The van der Waals surface area contributed by atoms with E-state index in [1.165, 1.54) is 6.07 Å². The van der Waals surface area contributed by atoms with E-state index in [0.717, 1.165) is 29.7 Å². The maximum atomic E-state index is 14.1. The number of halogens is 1. The molecule has 2 aliphatic rings. The van der Waals surface area contributed by atoms with Gasteiger partial charge in [0.1, 0.15) is 23.7 Å². The molecule has 5 N–H and O–H groups in total. The molecule has 162 valence electrons. The standard InChI is InChI=1S/C23H26FN5O2/c1-13(22(30)29-19-8-7-18-16(19)6-9-21(25)28-18)27-23(31)20-12-14(10-11-26-20)15-4-2-3-5-17(15)24/h2-6,9,12-13,19-20,26H,7-8,10-11H2,1H3,(H2,25,28)(H,27,31)(H,29,30)/t13-,19+,20+/m0/s1. The Labute approximate surface area is 180 Å². The van der Waals surface area contributed by atoms with Gasteiger partial charge in [-0.25, -0.2) is 9.37 Å². The lowest BCUT2D eigenvalue weighted by molar-refractivity contribution is -0.129. The second-order valence-corrected chi connectivity index (χ2v) is 7.96. The number of aromatic nitrogens is 1. The number of carbonyl (C=O) groups excluding carboxylic acids is 2. The number of hydrogen-bond donors (Lipinski definition) is 4. The zero-order chi connectivity index (χ0) is 22.0. The van der Waals surface area contributed by atoms with Crippen molar-refractivity contribution in [2.45, 2.75) is 44.3 Å². The Hall–Kier alpha value is -3.26. The van der Waals surface area contributed by atoms with E-state index in [2.05, 4.69) is 20.9 Å². The smallest absolute Gasteiger partial charge is 0.242 e. The maximum Gasteiger partial charge on any atom is 0.242 e. The molecule has 2 heterocycles. The van der Waals surface area contributed by atoms with Crippen molar-refractivity contribution < 1.29 is 14.0 Å². The Morgan fingerprint density at radius 3 is 2.84 bits per heavy atom. The van der Waals surface area contributed by atoms with Gasteiger partial charge in [0.25, 0.3) is 0 Å². The number of amides is 2. The fraction of sp³-hybridized carbons (Fsp3) is 0.348. The minimum absolute atomic E-state index is 0.143. The Bertz CT molecular complexity index is 1040. The average Bonchev–Trinajstić information content (AvgIpc) is 3.15. The molecule has 2 amide bonds. The van der Waals surface area contributed by atoms with Crippen LogP contribution >= 0.6 is 0 Å². The molecule has 3 atom stereocenters. The van der Waals surface area contributed by atoms with Crippen LogP contribution in [0.15, 0.2) is 42.5 Å². The van der Waals surface area contributed by atoms with Crippen LogP contribution in [-0.2, 0) is 16.0 Å². The van der Waals surface area contributed by atoms with Gasteiger partial charge in [-0.15, -0.1) is 0 Å². The Balaban J connectivity index is 1.38. The Morgan fingerprint density at radius 2 is 2.03 bits per heavy atom. The van der Waals surface area contributed by atoms with Gasteiger partial charge in [-0.2, -0.15) is 0 Å². The molecule has 0 unspecified atom stereocenters. The number of hydrogen-bond acceptors (Lipinski definition) is 5. The molecule has 0 saturated carbocycles. The number of aryl methyl sites for hydroxylation is 1. The first-order chi connectivity index (χ1) is 14.9. The molecule has 1 aliphatic carbocycles. The molecule has 4 rings (SSSR count). The van der Waals surface area contributed by atoms with E-state index in [9.17, 15) is 14.0 Å². The normalized spacial score (nSPS) is 21.0. The second-order valence-electron chi connectivity index (χ2n) is 7.96. The molecule has 0 saturated heterocycles. The van der Waals surface area contributed by atoms with Crippen LogP contribution in [0.25, 0.3) is 5.57 Å². The monoisotopic (exact) mass is 423 g/mol. The van der Waals surface area contributed by atoms with E-state index in [1.54, 1.807) is 37.3 Å². The fourth-order valence-electron chi connectivity index (χ4n) is 4.12. The zero-order valence-corrected chi connectivity index (χ0v) is 17.3. The Kier molecular flexibility index (Phi) is 5.99. The minimum Gasteiger partial charge on any atom is -0.384 e. The maximum absolute atomic E-state index is 14.1. The molecule has 0 radical (unpaired) electrons. The van der Waals surface area contributed by atoms with Crippen molar-refractivity contribution >= 4 is 23.2 Å². The number of anilines is 1. The molecule has 31 heavy (non-hydrogen) atoms. The van der Waals surface area contributed by atoms with Crippen LogP contribution in [0.3, 0.4) is 0 Å². The summed E-state index contributed by atoms with van der Waals surface area (Å²) in [7, 11) is 0. The number of nitrogens with zero attached hydrogens (tertiary/aromatic N) is 1. The quantitative estimate of drug-likeness (QED) is 0.587. The summed E-state index contributed by atoms with van der Waals surface area (Å²) in [6, 6.07) is 8.65. The molecule has 2 aromatic rings. The third kappa shape index (κ3) is 4.59. The summed E-state index contributed by atoms with van der Waals surface area (Å²) in [6.45, 7) is 2.20. The molecule has 8 heteroatoms. The van der Waals surface area contributed by atoms with Gasteiger partial charge < -0.3 is 21.7 Å². The first-order valence-corrected chi connectivity index (χ1v) is 10.5. The second kappa shape index (κ2) is 8.85. The first kappa shape index (κ1) is 21.0. The van der Waals surface area contributed by atoms with Crippen molar-refractivity contribution in [2.75, 3.05) is 12.3 Å². The van der Waals surface area contributed by atoms with Gasteiger partial charge in [0, 0.05) is 17.8 Å². The highest BCUT2D eigenvalue weighted by molar-refractivity contribution is 5.92. The predicted octanol–water partition coefficient (Wildman–Crippen LogP) is 1.86. The SMILES string of the molecule is C[C@H](NC(=O)[C@H]1C=C(c2ccccc2F)CCN1)C(=O)N[C@@H]1CCc2nc(N)ccc21. The van der Waals surface area contributed by atoms with Crippen molar-refractivity contribution in [3.05, 3.63) is 65.1 Å². The molecular weight excluding hydrogens is 397 g/mol. The lowest BCUT2D eigenvalue weighted by atomic mass is 9.96. The molecule has 0 spiro atoms. The topological polar surface area (TPSA) is 109 Å². The van der Waals surface area contributed by atoms with Gasteiger partial charge in [0.2, 0.25) is 11.8 Å². The fourth-order valence-corrected chi connectivity index (χ4v) is 4.12. The highest BCUT2D eigenvalue weighted by Gasteiger charge is 2.29. The Morgan fingerprint density at radius 1 is 1.23 bits per heavy atom. The van der Waals surface area contributed by atoms with E-state index in [0.29, 0.717) is 24.3 Å². The van der Waals surface area contributed by atoms with Gasteiger partial charge in [-0.1, -0.05) is 30.3 Å². The van der Waals surface area contributed by atoms with Crippen LogP contribution in [0.4, 0.5) is 10.2 Å². The highest BCUT2D eigenvalue weighted by atomic mass is 19.1. The van der Waals surface area contributed by atoms with E-state index < -0.39 is 12.1 Å². The summed E-state index contributed by atoms with van der Waals surface area (Å²) < 4.78 is 14.1. The third-order valence-corrected chi connectivity index (χ3v) is 5.77. The van der Waals surface area contributed by atoms with E-state index in [1.807, 2.05) is 6.07 Å². The van der Waals surface area contributed by atoms with Crippen LogP contribution in [0.2, 0.25) is 0 Å². The van der Waals surface area contributed by atoms with Crippen LogP contribution < -0.4 is 21.7 Å². The number of rotatable bonds is 5. The summed E-state index contributed by atoms with van der Waals surface area (Å²) in [5.41, 5.74) is 8.88. The summed E-state index contributed by atoms with van der Waals surface area (Å²) in [5.74, 6) is -0.431. The number of carbonyl (C=O) groups is 2. The summed E-state index contributed by atoms with van der Waals surface area (Å²) >= 11 is 0. The number of nitrogens with one attached hydrogen (secondary N) is 3. The van der Waals surface area contributed by atoms with Crippen LogP contribution in [0, 0.1) is 5.82 Å². The number of benzene rings is 1. The molecule has 7 nitrogen and oxygen atoms in total. The van der Waals surface area contributed by atoms with Crippen molar-refractivity contribution in [2.24, 2.45) is 0 Å². The average molecular weight is 423 g/mol. The van der Waals surface area contributed by atoms with Gasteiger partial charge in [-0.05, 0) is 49.5 Å². The van der Waals surface area contributed by atoms with Gasteiger partial charge in [0.05, 0.1) is 6.04 Å². The third-order valence-electron chi connectivity index (χ3n) is 5.77. The number of fused-ring (bicyclic) bond motifs is 1. The molecule has 0 fully saturated rings. The van der Waals surface area contributed by atoms with Gasteiger partial charge in [0.15, 0.2) is 0 Å². The highest BCUT2D eigenvalue weighted by Crippen LogP contribution is 2.30. The largest absolute Gasteiger partial charge is 0.384 e. The number of nitrogens with two attached hydrogens (primary N) is 1. The van der Waals surface area contributed by atoms with Gasteiger partial charge in [-0.3, -0.25) is 9.59 Å². The van der Waals surface area contributed by atoms with Crippen molar-refractivity contribution in [1.82, 2.24) is 20.9 Å².